The summed E-state index contributed by atoms with van der Waals surface area (Å²) in [6, 6.07) is 0.899. The predicted octanol–water partition coefficient (Wildman–Crippen LogP) is 0.788. The van der Waals surface area contributed by atoms with Gasteiger partial charge in [0.05, 0.1) is 11.0 Å². The topological polar surface area (TPSA) is 115 Å². The fourth-order valence-corrected chi connectivity index (χ4v) is 1.36. The molecule has 0 saturated carbocycles. The summed E-state index contributed by atoms with van der Waals surface area (Å²) in [5.41, 5.74) is 10.2. The van der Waals surface area contributed by atoms with Crippen LogP contribution in [0.2, 0.25) is 0 Å². The van der Waals surface area contributed by atoms with Crippen LogP contribution in [0.5, 0.6) is 5.75 Å². The Morgan fingerprint density at radius 1 is 1.56 bits per heavy atom. The minimum Gasteiger partial charge on any atom is -0.502 e. The van der Waals surface area contributed by atoms with Gasteiger partial charge in [-0.05, 0) is 19.0 Å². The van der Waals surface area contributed by atoms with Crippen LogP contribution in [0.3, 0.4) is 0 Å². The van der Waals surface area contributed by atoms with Gasteiger partial charge in [0.15, 0.2) is 5.75 Å². The summed E-state index contributed by atoms with van der Waals surface area (Å²) in [6.45, 7) is 0.241. The second-order valence-electron chi connectivity index (χ2n) is 3.30. The summed E-state index contributed by atoms with van der Waals surface area (Å²) in [4.78, 5) is 9.66. The monoisotopic (exact) mass is 229 g/mol. The van der Waals surface area contributed by atoms with E-state index in [1.807, 2.05) is 0 Å². The highest BCUT2D eigenvalue weighted by Gasteiger charge is 2.22. The zero-order chi connectivity index (χ0) is 12.3. The summed E-state index contributed by atoms with van der Waals surface area (Å²) < 4.78 is 13.1. The van der Waals surface area contributed by atoms with Gasteiger partial charge in [-0.2, -0.15) is 0 Å². The average Bonchev–Trinajstić information content (AvgIpc) is 2.20. The molecule has 1 rings (SSSR count). The van der Waals surface area contributed by atoms with Gasteiger partial charge in [-0.25, -0.2) is 4.39 Å². The molecule has 88 valence electrons. The van der Waals surface area contributed by atoms with Gasteiger partial charge in [-0.1, -0.05) is 0 Å². The lowest BCUT2D eigenvalue weighted by Crippen LogP contribution is -2.16. The molecule has 0 amide bonds. The van der Waals surface area contributed by atoms with Gasteiger partial charge in [0.1, 0.15) is 5.82 Å². The van der Waals surface area contributed by atoms with Gasteiger partial charge in [0.25, 0.3) is 0 Å². The molecule has 6 nitrogen and oxygen atoms in total. The number of hydrogen-bond acceptors (Lipinski definition) is 5. The van der Waals surface area contributed by atoms with E-state index in [0.717, 1.165) is 6.07 Å². The van der Waals surface area contributed by atoms with E-state index in [2.05, 4.69) is 0 Å². The third kappa shape index (κ3) is 2.44. The van der Waals surface area contributed by atoms with Crippen molar-refractivity contribution in [3.8, 4) is 5.75 Å². The summed E-state index contributed by atoms with van der Waals surface area (Å²) in [5, 5.41) is 20.1. The predicted molar refractivity (Wildman–Crippen MR) is 55.3 cm³/mol. The minimum absolute atomic E-state index is 0.00264. The molecular formula is C9H12FN3O3. The molecular weight excluding hydrogens is 217 g/mol. The SMILES string of the molecule is NCC[C@H](N)c1cc(F)cc([N+](=O)[O-])c1O. The molecule has 1 atom stereocenters. The number of nitro benzene ring substituents is 1. The molecule has 0 aliphatic heterocycles. The van der Waals surface area contributed by atoms with Crippen molar-refractivity contribution < 1.29 is 14.4 Å². The van der Waals surface area contributed by atoms with Crippen molar-refractivity contribution in [2.45, 2.75) is 12.5 Å². The molecule has 0 spiro atoms. The molecule has 5 N–H and O–H groups in total. The maximum Gasteiger partial charge on any atom is 0.313 e. The summed E-state index contributed by atoms with van der Waals surface area (Å²) >= 11 is 0. The second kappa shape index (κ2) is 4.86. The number of phenolic OH excluding ortho intramolecular Hbond substituents is 1. The second-order valence-corrected chi connectivity index (χ2v) is 3.30. The van der Waals surface area contributed by atoms with E-state index in [9.17, 15) is 19.6 Å². The fraction of sp³-hybridized carbons (Fsp3) is 0.333. The van der Waals surface area contributed by atoms with E-state index in [0.29, 0.717) is 12.5 Å². The molecule has 0 bridgehead atoms. The van der Waals surface area contributed by atoms with E-state index < -0.39 is 28.2 Å². The van der Waals surface area contributed by atoms with Crippen LogP contribution in [0, 0.1) is 15.9 Å². The Kier molecular flexibility index (Phi) is 3.75. The van der Waals surface area contributed by atoms with Crippen molar-refractivity contribution in [1.29, 1.82) is 0 Å². The number of halogens is 1. The molecule has 0 radical (unpaired) electrons. The molecule has 0 aliphatic carbocycles. The number of rotatable bonds is 4. The Labute approximate surface area is 90.8 Å². The Hall–Kier alpha value is -1.73. The number of hydrogen-bond donors (Lipinski definition) is 3. The first-order valence-corrected chi connectivity index (χ1v) is 4.59. The fourth-order valence-electron chi connectivity index (χ4n) is 1.36. The smallest absolute Gasteiger partial charge is 0.313 e. The van der Waals surface area contributed by atoms with Gasteiger partial charge in [-0.3, -0.25) is 10.1 Å². The number of aromatic hydroxyl groups is 1. The molecule has 0 fully saturated rings. The van der Waals surface area contributed by atoms with Crippen LogP contribution in [0.15, 0.2) is 12.1 Å². The maximum atomic E-state index is 13.1. The lowest BCUT2D eigenvalue weighted by molar-refractivity contribution is -0.386. The lowest BCUT2D eigenvalue weighted by atomic mass is 10.0. The Morgan fingerprint density at radius 3 is 2.69 bits per heavy atom. The van der Waals surface area contributed by atoms with E-state index in [1.165, 1.54) is 0 Å². The molecule has 0 heterocycles. The first kappa shape index (κ1) is 12.3. The number of nitrogens with two attached hydrogens (primary N) is 2. The summed E-state index contributed by atoms with van der Waals surface area (Å²) in [7, 11) is 0. The normalized spacial score (nSPS) is 12.4. The average molecular weight is 229 g/mol. The van der Waals surface area contributed by atoms with Crippen LogP contribution in [-0.2, 0) is 0 Å². The van der Waals surface area contributed by atoms with Crippen LogP contribution in [0.25, 0.3) is 0 Å². The van der Waals surface area contributed by atoms with Crippen LogP contribution < -0.4 is 11.5 Å². The highest BCUT2D eigenvalue weighted by Crippen LogP contribution is 2.34. The molecule has 1 aromatic carbocycles. The molecule has 0 unspecified atom stereocenters. The van der Waals surface area contributed by atoms with Crippen molar-refractivity contribution in [3.63, 3.8) is 0 Å². The first-order valence-electron chi connectivity index (χ1n) is 4.59. The van der Waals surface area contributed by atoms with Crippen LogP contribution in [0.4, 0.5) is 10.1 Å². The van der Waals surface area contributed by atoms with E-state index in [4.69, 9.17) is 11.5 Å². The summed E-state index contributed by atoms with van der Waals surface area (Å²) in [5.74, 6) is -1.42. The molecule has 0 aliphatic rings. The number of phenols is 1. The van der Waals surface area contributed by atoms with Crippen molar-refractivity contribution in [2.24, 2.45) is 11.5 Å². The Balaban J connectivity index is 3.23. The standard InChI is InChI=1S/C9H12FN3O3/c10-5-3-6(7(12)1-2-11)9(14)8(4-5)13(15)16/h3-4,7,14H,1-2,11-12H2/t7-/m0/s1. The van der Waals surface area contributed by atoms with Crippen molar-refractivity contribution in [2.75, 3.05) is 6.54 Å². The largest absolute Gasteiger partial charge is 0.502 e. The first-order chi connectivity index (χ1) is 7.47. The Bertz CT molecular complexity index is 411. The number of benzene rings is 1. The molecule has 7 heteroatoms. The van der Waals surface area contributed by atoms with Crippen molar-refractivity contribution in [1.82, 2.24) is 0 Å². The molecule has 0 saturated heterocycles. The third-order valence-corrected chi connectivity index (χ3v) is 2.16. The van der Waals surface area contributed by atoms with E-state index in [-0.39, 0.29) is 12.1 Å². The highest BCUT2D eigenvalue weighted by molar-refractivity contribution is 5.52. The zero-order valence-electron chi connectivity index (χ0n) is 8.39. The summed E-state index contributed by atoms with van der Waals surface area (Å²) in [6.07, 6.45) is 0.300. The van der Waals surface area contributed by atoms with E-state index >= 15 is 0 Å². The lowest BCUT2D eigenvalue weighted by Gasteiger charge is -2.12. The maximum absolute atomic E-state index is 13.1. The number of nitrogens with zero attached hydrogens (tertiary/aromatic N) is 1. The van der Waals surface area contributed by atoms with Gasteiger partial charge in [0, 0.05) is 11.6 Å². The van der Waals surface area contributed by atoms with Gasteiger partial charge in [0.2, 0.25) is 0 Å². The van der Waals surface area contributed by atoms with Gasteiger partial charge >= 0.3 is 5.69 Å². The Morgan fingerprint density at radius 2 is 2.19 bits per heavy atom. The van der Waals surface area contributed by atoms with Crippen molar-refractivity contribution in [3.05, 3.63) is 33.6 Å². The quantitative estimate of drug-likeness (QED) is 0.521. The minimum atomic E-state index is -0.864. The van der Waals surface area contributed by atoms with Crippen LogP contribution in [-0.4, -0.2) is 16.6 Å². The number of nitro groups is 1. The zero-order valence-corrected chi connectivity index (χ0v) is 8.39. The van der Waals surface area contributed by atoms with Gasteiger partial charge < -0.3 is 16.6 Å². The highest BCUT2D eigenvalue weighted by atomic mass is 19.1. The molecule has 0 aromatic heterocycles. The van der Waals surface area contributed by atoms with Crippen molar-refractivity contribution >= 4 is 5.69 Å². The van der Waals surface area contributed by atoms with E-state index in [1.54, 1.807) is 0 Å². The van der Waals surface area contributed by atoms with Gasteiger partial charge in [-0.15, -0.1) is 0 Å². The molecule has 16 heavy (non-hydrogen) atoms. The van der Waals surface area contributed by atoms with Crippen LogP contribution in [0.1, 0.15) is 18.0 Å². The van der Waals surface area contributed by atoms with Crippen LogP contribution >= 0.6 is 0 Å². The molecule has 1 aromatic rings. The third-order valence-electron chi connectivity index (χ3n) is 2.16.